The summed E-state index contributed by atoms with van der Waals surface area (Å²) >= 11 is 6.03. The van der Waals surface area contributed by atoms with Gasteiger partial charge in [-0.2, -0.15) is 0 Å². The number of rotatable bonds is 2. The Bertz CT molecular complexity index is 715. The van der Waals surface area contributed by atoms with E-state index in [-0.39, 0.29) is 5.91 Å². The van der Waals surface area contributed by atoms with Gasteiger partial charge in [-0.1, -0.05) is 11.6 Å². The van der Waals surface area contributed by atoms with Gasteiger partial charge in [0, 0.05) is 23.7 Å². The Kier molecular flexibility index (Phi) is 3.47. The van der Waals surface area contributed by atoms with Gasteiger partial charge >= 0.3 is 0 Å². The normalized spacial score (nSPS) is 13.1. The minimum absolute atomic E-state index is 0.101. The zero-order valence-corrected chi connectivity index (χ0v) is 12.5. The molecular formula is C16H14ClNO3. The fourth-order valence-electron chi connectivity index (χ4n) is 2.37. The topological polar surface area (TPSA) is 38.8 Å². The first kappa shape index (κ1) is 13.8. The van der Waals surface area contributed by atoms with Crippen LogP contribution in [-0.4, -0.2) is 19.6 Å². The van der Waals surface area contributed by atoms with Gasteiger partial charge in [-0.05, 0) is 31.2 Å². The maximum Gasteiger partial charge on any atom is 0.262 e. The molecule has 0 N–H and O–H groups in total. The van der Waals surface area contributed by atoms with Crippen molar-refractivity contribution in [1.82, 2.24) is 0 Å². The maximum atomic E-state index is 12.7. The molecule has 2 aromatic carbocycles. The summed E-state index contributed by atoms with van der Waals surface area (Å²) in [7, 11) is 1.57. The lowest BCUT2D eigenvalue weighted by Gasteiger charge is -2.20. The van der Waals surface area contributed by atoms with Gasteiger partial charge in [-0.25, -0.2) is 0 Å². The van der Waals surface area contributed by atoms with Crippen molar-refractivity contribution in [2.45, 2.75) is 6.92 Å². The molecule has 0 bridgehead atoms. The number of anilines is 1. The Morgan fingerprint density at radius 2 is 2.00 bits per heavy atom. The Labute approximate surface area is 127 Å². The van der Waals surface area contributed by atoms with Crippen LogP contribution in [0.5, 0.6) is 17.2 Å². The van der Waals surface area contributed by atoms with Crippen molar-refractivity contribution in [2.75, 3.05) is 18.6 Å². The highest BCUT2D eigenvalue weighted by molar-refractivity contribution is 6.31. The third kappa shape index (κ3) is 2.32. The lowest BCUT2D eigenvalue weighted by molar-refractivity contribution is 0.0988. The van der Waals surface area contributed by atoms with Crippen LogP contribution in [0.3, 0.4) is 0 Å². The molecule has 0 radical (unpaired) electrons. The van der Waals surface area contributed by atoms with E-state index in [4.69, 9.17) is 21.1 Å². The third-order valence-electron chi connectivity index (χ3n) is 3.41. The highest BCUT2D eigenvalue weighted by Crippen LogP contribution is 2.41. The van der Waals surface area contributed by atoms with Crippen molar-refractivity contribution in [3.8, 4) is 17.2 Å². The molecule has 1 heterocycles. The van der Waals surface area contributed by atoms with E-state index < -0.39 is 0 Å². The summed E-state index contributed by atoms with van der Waals surface area (Å²) in [5.74, 6) is 1.56. The van der Waals surface area contributed by atoms with Crippen molar-refractivity contribution in [3.63, 3.8) is 0 Å². The number of amides is 1. The van der Waals surface area contributed by atoms with Gasteiger partial charge in [0.2, 0.25) is 0 Å². The summed E-state index contributed by atoms with van der Waals surface area (Å²) in [5.41, 5.74) is 1.21. The van der Waals surface area contributed by atoms with E-state index in [1.165, 1.54) is 0 Å². The second-order valence-corrected chi connectivity index (χ2v) is 5.06. The Morgan fingerprint density at radius 1 is 1.19 bits per heavy atom. The van der Waals surface area contributed by atoms with E-state index in [0.717, 1.165) is 0 Å². The zero-order valence-electron chi connectivity index (χ0n) is 11.7. The summed E-state index contributed by atoms with van der Waals surface area (Å²) in [6.45, 7) is 2.47. The monoisotopic (exact) mass is 303 g/mol. The molecule has 1 amide bonds. The van der Waals surface area contributed by atoms with Gasteiger partial charge in [-0.3, -0.25) is 4.79 Å². The average molecular weight is 304 g/mol. The smallest absolute Gasteiger partial charge is 0.262 e. The number of carbonyl (C=O) groups is 1. The molecule has 0 saturated heterocycles. The molecule has 1 aliphatic heterocycles. The zero-order chi connectivity index (χ0) is 15.0. The largest absolute Gasteiger partial charge is 0.497 e. The van der Waals surface area contributed by atoms with Crippen LogP contribution in [0.1, 0.15) is 17.3 Å². The molecule has 0 aliphatic carbocycles. The molecule has 108 valence electrons. The number of fused-ring (bicyclic) bond motifs is 2. The van der Waals surface area contributed by atoms with Crippen LogP contribution in [0.4, 0.5) is 5.69 Å². The molecule has 3 rings (SSSR count). The third-order valence-corrected chi connectivity index (χ3v) is 3.65. The van der Waals surface area contributed by atoms with E-state index in [9.17, 15) is 4.79 Å². The number of carbonyl (C=O) groups excluding carboxylic acids is 1. The average Bonchev–Trinajstić information content (AvgIpc) is 2.60. The number of ether oxygens (including phenoxy) is 2. The number of methoxy groups -OCH3 is 1. The lowest BCUT2D eigenvalue weighted by atomic mass is 10.1. The Hall–Kier alpha value is -2.20. The van der Waals surface area contributed by atoms with E-state index in [1.54, 1.807) is 48.4 Å². The fourth-order valence-corrected chi connectivity index (χ4v) is 2.53. The molecular weight excluding hydrogens is 290 g/mol. The Morgan fingerprint density at radius 3 is 2.71 bits per heavy atom. The number of nitrogens with zero attached hydrogens (tertiary/aromatic N) is 1. The molecule has 2 aromatic rings. The van der Waals surface area contributed by atoms with Crippen LogP contribution in [-0.2, 0) is 0 Å². The number of halogens is 1. The summed E-state index contributed by atoms with van der Waals surface area (Å²) in [6, 6.07) is 10.4. The van der Waals surface area contributed by atoms with E-state index >= 15 is 0 Å². The first-order chi connectivity index (χ1) is 10.1. The predicted octanol–water partition coefficient (Wildman–Crippen LogP) is 4.12. The van der Waals surface area contributed by atoms with Gasteiger partial charge < -0.3 is 14.4 Å². The molecule has 0 saturated carbocycles. The molecule has 0 fully saturated rings. The van der Waals surface area contributed by atoms with Gasteiger partial charge in [0.25, 0.3) is 5.91 Å². The van der Waals surface area contributed by atoms with E-state index in [2.05, 4.69) is 0 Å². The summed E-state index contributed by atoms with van der Waals surface area (Å²) in [5, 5.41) is 0.559. The van der Waals surface area contributed by atoms with Crippen LogP contribution < -0.4 is 14.4 Å². The Balaban J connectivity index is 2.21. The highest BCUT2D eigenvalue weighted by Gasteiger charge is 2.27. The fraction of sp³-hybridized carbons (Fsp3) is 0.188. The van der Waals surface area contributed by atoms with Crippen molar-refractivity contribution in [2.24, 2.45) is 0 Å². The molecule has 0 unspecified atom stereocenters. The van der Waals surface area contributed by atoms with Crippen LogP contribution in [0.2, 0.25) is 5.02 Å². The van der Waals surface area contributed by atoms with Crippen molar-refractivity contribution >= 4 is 23.2 Å². The number of hydrogen-bond acceptors (Lipinski definition) is 3. The summed E-state index contributed by atoms with van der Waals surface area (Å²) in [4.78, 5) is 14.4. The molecule has 0 aromatic heterocycles. The first-order valence-corrected chi connectivity index (χ1v) is 6.99. The summed E-state index contributed by atoms with van der Waals surface area (Å²) in [6.07, 6.45) is 0. The van der Waals surface area contributed by atoms with Crippen LogP contribution in [0.25, 0.3) is 0 Å². The van der Waals surface area contributed by atoms with Crippen molar-refractivity contribution in [3.05, 3.63) is 47.0 Å². The molecule has 5 heteroatoms. The van der Waals surface area contributed by atoms with Gasteiger partial charge in [0.1, 0.15) is 11.5 Å². The van der Waals surface area contributed by atoms with Crippen LogP contribution in [0, 0.1) is 0 Å². The van der Waals surface area contributed by atoms with Crippen molar-refractivity contribution < 1.29 is 14.3 Å². The predicted molar refractivity (Wildman–Crippen MR) is 81.9 cm³/mol. The quantitative estimate of drug-likeness (QED) is 0.837. The minimum Gasteiger partial charge on any atom is -0.497 e. The minimum atomic E-state index is -0.101. The summed E-state index contributed by atoms with van der Waals surface area (Å²) < 4.78 is 11.1. The van der Waals surface area contributed by atoms with E-state index in [1.807, 2.05) is 6.92 Å². The SMILES string of the molecule is CCN1C(=O)c2ccc(OC)cc2Oc2cc(Cl)ccc21. The van der Waals surface area contributed by atoms with Crippen LogP contribution >= 0.6 is 11.6 Å². The molecule has 0 spiro atoms. The number of hydrogen-bond donors (Lipinski definition) is 0. The molecule has 4 nitrogen and oxygen atoms in total. The van der Waals surface area contributed by atoms with Gasteiger partial charge in [0.05, 0.1) is 18.4 Å². The molecule has 21 heavy (non-hydrogen) atoms. The highest BCUT2D eigenvalue weighted by atomic mass is 35.5. The number of benzene rings is 2. The second-order valence-electron chi connectivity index (χ2n) is 4.63. The molecule has 0 atom stereocenters. The standard InChI is InChI=1S/C16H14ClNO3/c1-3-18-13-7-4-10(17)8-15(13)21-14-9-11(20-2)5-6-12(14)16(18)19/h4-9H,3H2,1-2H3. The second kappa shape index (κ2) is 5.30. The lowest BCUT2D eigenvalue weighted by Crippen LogP contribution is -2.29. The van der Waals surface area contributed by atoms with Gasteiger partial charge in [-0.15, -0.1) is 0 Å². The van der Waals surface area contributed by atoms with E-state index in [0.29, 0.717) is 40.1 Å². The first-order valence-electron chi connectivity index (χ1n) is 6.61. The van der Waals surface area contributed by atoms with Crippen molar-refractivity contribution in [1.29, 1.82) is 0 Å². The molecule has 1 aliphatic rings. The van der Waals surface area contributed by atoms with Crippen LogP contribution in [0.15, 0.2) is 36.4 Å². The van der Waals surface area contributed by atoms with Gasteiger partial charge in [0.15, 0.2) is 5.75 Å². The maximum absolute atomic E-state index is 12.7.